The van der Waals surface area contributed by atoms with E-state index in [-0.39, 0.29) is 5.75 Å². The van der Waals surface area contributed by atoms with E-state index >= 15 is 0 Å². The Morgan fingerprint density at radius 3 is 2.73 bits per heavy atom. The highest BCUT2D eigenvalue weighted by Gasteiger charge is 2.56. The number of aliphatic hydroxyl groups is 1. The van der Waals surface area contributed by atoms with E-state index in [1.54, 1.807) is 32.0 Å². The van der Waals surface area contributed by atoms with Crippen molar-refractivity contribution in [1.29, 1.82) is 0 Å². The van der Waals surface area contributed by atoms with E-state index in [0.717, 1.165) is 5.39 Å². The smallest absolute Gasteiger partial charge is 0.459 e. The molecule has 0 radical (unpaired) electrons. The average molecular weight is 661 g/mol. The van der Waals surface area contributed by atoms with Crippen LogP contribution in [0.1, 0.15) is 27.7 Å². The summed E-state index contributed by atoms with van der Waals surface area (Å²) in [7, 11) is -4.29. The number of benzene rings is 2. The van der Waals surface area contributed by atoms with Crippen molar-refractivity contribution in [2.24, 2.45) is 0 Å². The summed E-state index contributed by atoms with van der Waals surface area (Å²) in [6, 6.07) is 11.1. The van der Waals surface area contributed by atoms with Crippen LogP contribution in [-0.2, 0) is 23.4 Å². The van der Waals surface area contributed by atoms with Crippen molar-refractivity contribution in [3.63, 3.8) is 0 Å². The van der Waals surface area contributed by atoms with E-state index < -0.39 is 61.8 Å². The van der Waals surface area contributed by atoms with Crippen molar-refractivity contribution < 1.29 is 37.8 Å². The molecule has 0 spiro atoms. The van der Waals surface area contributed by atoms with Crippen LogP contribution < -0.4 is 14.9 Å². The van der Waals surface area contributed by atoms with Gasteiger partial charge in [-0.2, -0.15) is 5.09 Å². The molecule has 218 valence electrons. The fourth-order valence-electron chi connectivity index (χ4n) is 4.32. The molecule has 6 unspecified atom stereocenters. The van der Waals surface area contributed by atoms with Crippen LogP contribution in [0.4, 0.5) is 4.79 Å². The topological polar surface area (TPSA) is 136 Å². The molecule has 0 bridgehead atoms. The number of hydrogen-bond acceptors (Lipinski definition) is 8. The average Bonchev–Trinajstić information content (AvgIpc) is 3.12. The molecule has 11 nitrogen and oxygen atoms in total. The molecule has 1 saturated heterocycles. The lowest BCUT2D eigenvalue weighted by atomic mass is 10.0. The number of amides is 2. The second-order valence-electron chi connectivity index (χ2n) is 9.96. The maximum Gasteiger partial charge on any atom is 0.459 e. The minimum Gasteiger partial charge on any atom is -0.462 e. The SMILES string of the molecule is CC(C)OC(=O)C(C)NP(=O)(OCC1OC(N2C=C(Br)CNC2=O)C(C)(Cl)C1O)Oc1cccc2ccccc12. The van der Waals surface area contributed by atoms with Gasteiger partial charge in [0, 0.05) is 16.1 Å². The van der Waals surface area contributed by atoms with Crippen molar-refractivity contribution >= 4 is 58.1 Å². The van der Waals surface area contributed by atoms with E-state index in [1.165, 1.54) is 24.9 Å². The van der Waals surface area contributed by atoms with Gasteiger partial charge in [-0.25, -0.2) is 9.36 Å². The normalized spacial score (nSPS) is 27.2. The molecule has 3 N–H and O–H groups in total. The molecule has 2 aromatic carbocycles. The molecule has 0 aromatic heterocycles. The molecule has 0 saturated carbocycles. The lowest BCUT2D eigenvalue weighted by Gasteiger charge is -2.35. The van der Waals surface area contributed by atoms with E-state index in [1.807, 2.05) is 24.3 Å². The number of ether oxygens (including phenoxy) is 2. The van der Waals surface area contributed by atoms with Crippen LogP contribution in [0.2, 0.25) is 0 Å². The summed E-state index contributed by atoms with van der Waals surface area (Å²) >= 11 is 10.0. The maximum atomic E-state index is 14.1. The third-order valence-corrected chi connectivity index (χ3v) is 8.85. The minimum atomic E-state index is -4.29. The summed E-state index contributed by atoms with van der Waals surface area (Å²) in [6.07, 6.45) is -2.36. The summed E-state index contributed by atoms with van der Waals surface area (Å²) in [5, 5.41) is 17.8. The molecular weight excluding hydrogens is 629 g/mol. The number of esters is 1. The molecule has 2 aromatic rings. The van der Waals surface area contributed by atoms with Crippen molar-refractivity contribution in [3.8, 4) is 5.75 Å². The molecular formula is C26H32BrClN3O8P. The van der Waals surface area contributed by atoms with Crippen molar-refractivity contribution in [3.05, 3.63) is 53.1 Å². The zero-order valence-electron chi connectivity index (χ0n) is 22.4. The first-order valence-corrected chi connectivity index (χ1v) is 15.4. The molecule has 6 atom stereocenters. The number of aliphatic hydroxyl groups excluding tert-OH is 1. The number of fused-ring (bicyclic) bond motifs is 1. The van der Waals surface area contributed by atoms with E-state index in [0.29, 0.717) is 16.4 Å². The van der Waals surface area contributed by atoms with Gasteiger partial charge < -0.3 is 24.4 Å². The Kier molecular flexibility index (Phi) is 9.51. The van der Waals surface area contributed by atoms with Gasteiger partial charge in [-0.1, -0.05) is 52.3 Å². The molecule has 40 heavy (non-hydrogen) atoms. The monoisotopic (exact) mass is 659 g/mol. The van der Waals surface area contributed by atoms with E-state index in [4.69, 9.17) is 30.1 Å². The number of hydrogen-bond donors (Lipinski definition) is 3. The number of urea groups is 1. The van der Waals surface area contributed by atoms with Gasteiger partial charge >= 0.3 is 19.7 Å². The highest BCUT2D eigenvalue weighted by Crippen LogP contribution is 2.48. The van der Waals surface area contributed by atoms with E-state index in [2.05, 4.69) is 26.3 Å². The van der Waals surface area contributed by atoms with Gasteiger partial charge in [0.1, 0.15) is 28.9 Å². The van der Waals surface area contributed by atoms with Crippen LogP contribution >= 0.6 is 35.3 Å². The van der Waals surface area contributed by atoms with Crippen LogP contribution in [0.3, 0.4) is 0 Å². The largest absolute Gasteiger partial charge is 0.462 e. The molecule has 2 amide bonds. The van der Waals surface area contributed by atoms with Crippen molar-refractivity contribution in [2.45, 2.75) is 63.2 Å². The Hall–Kier alpha value is -2.18. The minimum absolute atomic E-state index is 0.256. The molecule has 2 aliphatic rings. The first-order chi connectivity index (χ1) is 18.8. The van der Waals surface area contributed by atoms with Gasteiger partial charge in [0.2, 0.25) is 0 Å². The number of carbonyl (C=O) groups excluding carboxylic acids is 2. The Balaban J connectivity index is 1.57. The Morgan fingerprint density at radius 2 is 2.00 bits per heavy atom. The third-order valence-electron chi connectivity index (χ3n) is 6.33. The summed E-state index contributed by atoms with van der Waals surface area (Å²) in [6.45, 7) is 6.25. The van der Waals surface area contributed by atoms with Crippen molar-refractivity contribution in [2.75, 3.05) is 13.2 Å². The number of alkyl halides is 1. The van der Waals surface area contributed by atoms with Gasteiger partial charge in [0.15, 0.2) is 6.23 Å². The first-order valence-electron chi connectivity index (χ1n) is 12.7. The maximum absolute atomic E-state index is 14.1. The first kappa shape index (κ1) is 30.8. The molecule has 4 rings (SSSR count). The highest BCUT2D eigenvalue weighted by molar-refractivity contribution is 9.11. The number of carbonyl (C=O) groups is 2. The third kappa shape index (κ3) is 6.82. The molecule has 2 aliphatic heterocycles. The number of nitrogens with one attached hydrogen (secondary N) is 2. The Bertz CT molecular complexity index is 1340. The Morgan fingerprint density at radius 1 is 1.30 bits per heavy atom. The van der Waals surface area contributed by atoms with Gasteiger partial charge in [-0.05, 0) is 39.1 Å². The van der Waals surface area contributed by atoms with Crippen LogP contribution in [0.5, 0.6) is 5.75 Å². The lowest BCUT2D eigenvalue weighted by molar-refractivity contribution is -0.149. The summed E-state index contributed by atoms with van der Waals surface area (Å²) in [4.78, 5) is 24.8. The number of rotatable bonds is 10. The van der Waals surface area contributed by atoms with E-state index in [9.17, 15) is 19.3 Å². The summed E-state index contributed by atoms with van der Waals surface area (Å²) in [5.74, 6) is -0.398. The van der Waals surface area contributed by atoms with Gasteiger partial charge in [-0.3, -0.25) is 14.2 Å². The van der Waals surface area contributed by atoms with Gasteiger partial charge in [0.05, 0.1) is 19.3 Å². The zero-order valence-corrected chi connectivity index (χ0v) is 25.6. The summed E-state index contributed by atoms with van der Waals surface area (Å²) in [5.41, 5.74) is 0. The molecule has 14 heteroatoms. The summed E-state index contributed by atoms with van der Waals surface area (Å²) < 4.78 is 37.7. The van der Waals surface area contributed by atoms with Crippen molar-refractivity contribution in [1.82, 2.24) is 15.3 Å². The second kappa shape index (κ2) is 12.4. The second-order valence-corrected chi connectivity index (χ2v) is 13.5. The lowest BCUT2D eigenvalue weighted by Crippen LogP contribution is -2.54. The van der Waals surface area contributed by atoms with Gasteiger partial charge in [-0.15, -0.1) is 11.6 Å². The van der Waals surface area contributed by atoms with Crippen LogP contribution in [-0.4, -0.2) is 70.6 Å². The zero-order chi connectivity index (χ0) is 29.2. The standard InChI is InChI=1S/C26H32BrClN3O8P/c1-15(2)37-23(33)16(3)30-40(35,39-20-11-7-9-17-8-5-6-10-19(17)20)36-14-21-22(32)26(4,28)24(38-21)31-13-18(27)12-29-25(31)34/h5-11,13,15-16,21-22,24,32H,12,14H2,1-4H3,(H,29,34)(H,30,35). The van der Waals surface area contributed by atoms with Crippen LogP contribution in [0, 0.1) is 0 Å². The number of nitrogens with zero attached hydrogens (tertiary/aromatic N) is 1. The predicted molar refractivity (Wildman–Crippen MR) is 153 cm³/mol. The highest BCUT2D eigenvalue weighted by atomic mass is 79.9. The molecule has 0 aliphatic carbocycles. The predicted octanol–water partition coefficient (Wildman–Crippen LogP) is 4.62. The van der Waals surface area contributed by atoms with Crippen LogP contribution in [0.25, 0.3) is 10.8 Å². The number of halogens is 2. The Labute approximate surface area is 245 Å². The van der Waals surface area contributed by atoms with Crippen LogP contribution in [0.15, 0.2) is 53.1 Å². The molecule has 2 heterocycles. The fourth-order valence-corrected chi connectivity index (χ4v) is 6.50. The van der Waals surface area contributed by atoms with Gasteiger partial charge in [0.25, 0.3) is 0 Å². The quantitative estimate of drug-likeness (QED) is 0.190. The fraction of sp³-hybridized carbons (Fsp3) is 0.462. The molecule has 1 fully saturated rings.